The Bertz CT molecular complexity index is 915. The summed E-state index contributed by atoms with van der Waals surface area (Å²) in [6.07, 6.45) is 1.18. The first kappa shape index (κ1) is 26.2. The predicted octanol–water partition coefficient (Wildman–Crippen LogP) is 3.13. The van der Waals surface area contributed by atoms with Crippen LogP contribution in [0.4, 0.5) is 10.5 Å². The highest BCUT2D eigenvalue weighted by Crippen LogP contribution is 2.26. The van der Waals surface area contributed by atoms with Crippen LogP contribution in [0.2, 0.25) is 0 Å². The van der Waals surface area contributed by atoms with Gasteiger partial charge in [-0.15, -0.1) is 0 Å². The van der Waals surface area contributed by atoms with Crippen LogP contribution in [0.25, 0.3) is 0 Å². The molecule has 0 spiro atoms. The van der Waals surface area contributed by atoms with Crippen molar-refractivity contribution in [2.45, 2.75) is 10.7 Å². The number of halogens is 4. The molecule has 14 heteroatoms. The average molecular weight is 594 g/mol. The van der Waals surface area contributed by atoms with E-state index in [-0.39, 0.29) is 23.4 Å². The number of aromatic nitrogens is 2. The van der Waals surface area contributed by atoms with Gasteiger partial charge in [0.1, 0.15) is 0 Å². The van der Waals surface area contributed by atoms with Gasteiger partial charge >= 0.3 is 18.0 Å². The molecule has 0 aliphatic heterocycles. The highest BCUT2D eigenvalue weighted by atomic mass is 127. The largest absolute Gasteiger partial charge is 0.465 e. The Morgan fingerprint density at radius 2 is 1.83 bits per heavy atom. The molecule has 3 amide bonds. The van der Waals surface area contributed by atoms with Crippen molar-refractivity contribution >= 4 is 87.0 Å². The fourth-order valence-corrected chi connectivity index (χ4v) is 2.38. The normalized spacial score (nSPS) is 10.5. The van der Waals surface area contributed by atoms with Gasteiger partial charge in [0.25, 0.3) is 9.70 Å². The van der Waals surface area contributed by atoms with E-state index in [1.54, 1.807) is 14.0 Å². The number of carbonyl (C=O) groups excluding carboxylic acids is 4. The highest BCUT2D eigenvalue weighted by Gasteiger charge is 2.32. The van der Waals surface area contributed by atoms with E-state index in [1.165, 1.54) is 16.9 Å². The third-order valence-electron chi connectivity index (χ3n) is 3.18. The van der Waals surface area contributed by atoms with E-state index in [1.807, 2.05) is 27.9 Å². The molecule has 10 nitrogen and oxygen atoms in total. The van der Waals surface area contributed by atoms with Gasteiger partial charge in [-0.1, -0.05) is 34.8 Å². The zero-order chi connectivity index (χ0) is 23.1. The van der Waals surface area contributed by atoms with Crippen LogP contribution in [-0.2, 0) is 21.3 Å². The molecule has 1 rings (SSSR count). The number of amides is 3. The first-order valence-corrected chi connectivity index (χ1v) is 10.2. The van der Waals surface area contributed by atoms with Crippen molar-refractivity contribution in [1.82, 2.24) is 15.1 Å². The first-order valence-electron chi connectivity index (χ1n) is 7.96. The molecule has 0 saturated heterocycles. The molecule has 1 aromatic heterocycles. The summed E-state index contributed by atoms with van der Waals surface area (Å²) in [5, 5.41) is 8.19. The second-order valence-corrected chi connectivity index (χ2v) is 8.67. The van der Waals surface area contributed by atoms with Gasteiger partial charge in [-0.3, -0.25) is 14.8 Å². The second-order valence-electron chi connectivity index (χ2n) is 5.28. The molecular weight excluding hydrogens is 577 g/mol. The van der Waals surface area contributed by atoms with Gasteiger partial charge in [0.15, 0.2) is 0 Å². The Balaban J connectivity index is 3.65. The van der Waals surface area contributed by atoms with Crippen molar-refractivity contribution < 1.29 is 28.7 Å². The molecular formula is C16H16Cl3IN4O6. The summed E-state index contributed by atoms with van der Waals surface area (Å²) in [5.74, 6) is -2.86. The molecule has 0 bridgehead atoms. The van der Waals surface area contributed by atoms with Crippen LogP contribution >= 0.6 is 57.4 Å². The lowest BCUT2D eigenvalue weighted by Crippen LogP contribution is -2.41. The number of ether oxygens (including phenoxy) is 2. The number of rotatable bonds is 4. The van der Waals surface area contributed by atoms with E-state index in [0.717, 1.165) is 13.2 Å². The number of aryl methyl sites for hydroxylation is 1. The number of nitrogens with one attached hydrogen (secondary N) is 2. The third-order valence-corrected chi connectivity index (χ3v) is 4.71. The lowest BCUT2D eigenvalue weighted by molar-refractivity contribution is -0.119. The minimum absolute atomic E-state index is 0.0829. The fraction of sp³-hybridized carbons (Fsp3) is 0.312. The quantitative estimate of drug-likeness (QED) is 0.312. The van der Waals surface area contributed by atoms with E-state index in [9.17, 15) is 19.2 Å². The minimum Gasteiger partial charge on any atom is -0.465 e. The van der Waals surface area contributed by atoms with Crippen molar-refractivity contribution in [3.05, 3.63) is 33.2 Å². The molecule has 0 fully saturated rings. The maximum atomic E-state index is 12.4. The zero-order valence-corrected chi connectivity index (χ0v) is 20.2. The van der Waals surface area contributed by atoms with Crippen LogP contribution in [0.15, 0.2) is 18.3 Å². The SMILES string of the molecule is CCOC(=O)c1cnn(C)c(I)cc(NC(=O)NC(=O)C(Cl)(Cl)Cl)c(C(=O)OC)c1. The van der Waals surface area contributed by atoms with E-state index in [0.29, 0.717) is 3.70 Å². The summed E-state index contributed by atoms with van der Waals surface area (Å²) >= 11 is 18.1. The summed E-state index contributed by atoms with van der Waals surface area (Å²) in [5.41, 5.74) is -0.450. The number of anilines is 1. The van der Waals surface area contributed by atoms with Crippen LogP contribution in [0.5, 0.6) is 0 Å². The number of urea groups is 1. The molecule has 0 aromatic carbocycles. The van der Waals surface area contributed by atoms with Gasteiger partial charge in [0.2, 0.25) is 0 Å². The lowest BCUT2D eigenvalue weighted by Gasteiger charge is -2.12. The summed E-state index contributed by atoms with van der Waals surface area (Å²) in [6.45, 7) is 1.69. The van der Waals surface area contributed by atoms with Crippen molar-refractivity contribution in [1.29, 1.82) is 0 Å². The summed E-state index contributed by atoms with van der Waals surface area (Å²) < 4.78 is 9.09. The molecule has 1 aromatic rings. The Labute approximate surface area is 200 Å². The van der Waals surface area contributed by atoms with Crippen molar-refractivity contribution in [3.63, 3.8) is 0 Å². The van der Waals surface area contributed by atoms with E-state index in [4.69, 9.17) is 44.3 Å². The van der Waals surface area contributed by atoms with E-state index in [2.05, 4.69) is 10.4 Å². The molecule has 0 saturated carbocycles. The molecule has 1 heterocycles. The standard InChI is InChI=1S/C16H16Cl3IN4O6/c1-4-30-12(25)8-5-9(13(26)29-3)10(6-11(20)24(2)21-7-8)22-15(28)23-14(27)16(17,18)19/h5-7H,4H2,1-3H3,(H2,22,23,27,28). The summed E-state index contributed by atoms with van der Waals surface area (Å²) in [4.78, 5) is 48.5. The molecule has 0 aliphatic carbocycles. The van der Waals surface area contributed by atoms with Gasteiger partial charge in [-0.05, 0) is 41.6 Å². The van der Waals surface area contributed by atoms with Gasteiger partial charge in [-0.25, -0.2) is 14.4 Å². The van der Waals surface area contributed by atoms with Crippen LogP contribution in [0, 0.1) is 3.70 Å². The Morgan fingerprint density at radius 3 is 2.37 bits per heavy atom. The Kier molecular flexibility index (Phi) is 10.1. The molecule has 0 radical (unpaired) electrons. The number of imide groups is 1. The van der Waals surface area contributed by atoms with Crippen molar-refractivity contribution in [2.75, 3.05) is 19.0 Å². The fourth-order valence-electron chi connectivity index (χ4n) is 1.80. The maximum absolute atomic E-state index is 12.4. The van der Waals surface area contributed by atoms with Crippen LogP contribution < -0.4 is 10.6 Å². The first-order chi connectivity index (χ1) is 13.9. The van der Waals surface area contributed by atoms with Gasteiger partial charge < -0.3 is 14.8 Å². The number of nitrogens with zero attached hydrogens (tertiary/aromatic N) is 2. The number of carbonyl (C=O) groups is 4. The van der Waals surface area contributed by atoms with Crippen molar-refractivity contribution in [3.8, 4) is 0 Å². The molecule has 30 heavy (non-hydrogen) atoms. The number of alkyl halides is 3. The van der Waals surface area contributed by atoms with Gasteiger partial charge in [-0.2, -0.15) is 5.10 Å². The van der Waals surface area contributed by atoms with E-state index >= 15 is 0 Å². The van der Waals surface area contributed by atoms with Crippen molar-refractivity contribution in [2.24, 2.45) is 7.05 Å². The monoisotopic (exact) mass is 592 g/mol. The summed E-state index contributed by atoms with van der Waals surface area (Å²) in [6, 6.07) is 1.38. The van der Waals surface area contributed by atoms with Gasteiger partial charge in [0, 0.05) is 7.05 Å². The Hall–Kier alpha value is -1.83. The average Bonchev–Trinajstić information content (AvgIpc) is 2.70. The van der Waals surface area contributed by atoms with Crippen LogP contribution in [0.3, 0.4) is 0 Å². The lowest BCUT2D eigenvalue weighted by atomic mass is 10.1. The number of hydrogen-bond acceptors (Lipinski definition) is 7. The smallest absolute Gasteiger partial charge is 0.340 e. The molecule has 0 unspecified atom stereocenters. The predicted molar refractivity (Wildman–Crippen MR) is 118 cm³/mol. The summed E-state index contributed by atoms with van der Waals surface area (Å²) in [7, 11) is 2.67. The molecule has 0 atom stereocenters. The molecule has 164 valence electrons. The molecule has 2 N–H and O–H groups in total. The third kappa shape index (κ3) is 7.78. The van der Waals surface area contributed by atoms with E-state index < -0.39 is 27.7 Å². The second kappa shape index (κ2) is 11.5. The van der Waals surface area contributed by atoms with Gasteiger partial charge in [0.05, 0.1) is 40.4 Å². The topological polar surface area (TPSA) is 129 Å². The Morgan fingerprint density at radius 1 is 1.20 bits per heavy atom. The zero-order valence-electron chi connectivity index (χ0n) is 15.8. The number of methoxy groups -OCH3 is 1. The number of hydrogen-bond donors (Lipinski definition) is 2. The highest BCUT2D eigenvalue weighted by molar-refractivity contribution is 14.1. The van der Waals surface area contributed by atoms with Crippen LogP contribution in [-0.4, -0.2) is 51.2 Å². The molecule has 0 aliphatic rings. The minimum atomic E-state index is -2.38. The maximum Gasteiger partial charge on any atom is 0.340 e. The number of esters is 2. The van der Waals surface area contributed by atoms with Crippen LogP contribution in [0.1, 0.15) is 27.6 Å².